The van der Waals surface area contributed by atoms with E-state index in [1.165, 1.54) is 4.31 Å². The first-order chi connectivity index (χ1) is 14.5. The van der Waals surface area contributed by atoms with E-state index in [-0.39, 0.29) is 10.8 Å². The zero-order valence-corrected chi connectivity index (χ0v) is 17.9. The Hall–Kier alpha value is -2.71. The fourth-order valence-electron chi connectivity index (χ4n) is 3.67. The number of rotatable bonds is 6. The van der Waals surface area contributed by atoms with E-state index in [1.807, 2.05) is 38.1 Å². The summed E-state index contributed by atoms with van der Waals surface area (Å²) >= 11 is 0. The van der Waals surface area contributed by atoms with Crippen molar-refractivity contribution < 1.29 is 17.7 Å². The molecule has 0 spiro atoms. The van der Waals surface area contributed by atoms with E-state index in [1.54, 1.807) is 24.3 Å². The van der Waals surface area contributed by atoms with Gasteiger partial charge in [-0.3, -0.25) is 0 Å². The van der Waals surface area contributed by atoms with E-state index in [9.17, 15) is 8.42 Å². The van der Waals surface area contributed by atoms with Crippen molar-refractivity contribution in [3.05, 3.63) is 59.9 Å². The van der Waals surface area contributed by atoms with Crippen LogP contribution in [0.25, 0.3) is 11.5 Å². The third-order valence-electron chi connectivity index (χ3n) is 5.30. The topological polar surface area (TPSA) is 85.5 Å². The van der Waals surface area contributed by atoms with E-state index in [4.69, 9.17) is 9.26 Å². The number of sulfonamides is 1. The Labute approximate surface area is 176 Å². The largest absolute Gasteiger partial charge is 0.494 e. The van der Waals surface area contributed by atoms with Crippen molar-refractivity contribution in [2.24, 2.45) is 0 Å². The van der Waals surface area contributed by atoms with Crippen LogP contribution in [0.5, 0.6) is 5.75 Å². The molecular formula is C22H25N3O4S. The van der Waals surface area contributed by atoms with Crippen LogP contribution in [0.1, 0.15) is 37.1 Å². The molecule has 0 bridgehead atoms. The maximum Gasteiger partial charge on any atom is 0.257 e. The van der Waals surface area contributed by atoms with Crippen LogP contribution in [0.4, 0.5) is 0 Å². The second-order valence-corrected chi connectivity index (χ2v) is 9.35. The van der Waals surface area contributed by atoms with Crippen LogP contribution in [0, 0.1) is 6.92 Å². The summed E-state index contributed by atoms with van der Waals surface area (Å²) in [7, 11) is -3.53. The number of aromatic nitrogens is 2. The predicted molar refractivity (Wildman–Crippen MR) is 113 cm³/mol. The van der Waals surface area contributed by atoms with Crippen molar-refractivity contribution in [1.29, 1.82) is 0 Å². The van der Waals surface area contributed by atoms with Crippen molar-refractivity contribution in [2.75, 3.05) is 19.7 Å². The molecule has 1 saturated heterocycles. The van der Waals surface area contributed by atoms with Crippen LogP contribution in [0.15, 0.2) is 57.9 Å². The standard InChI is InChI=1S/C22H25N3O4S/c1-3-28-19-7-9-20(10-8-19)30(26,27)25-13-11-17(12-14-25)21-23-22(29-24-21)18-6-4-5-16(2)15-18/h4-10,15,17H,3,11-14H2,1-2H3. The zero-order valence-electron chi connectivity index (χ0n) is 17.1. The SMILES string of the molecule is CCOc1ccc(S(=O)(=O)N2CCC(c3noc(-c4cccc(C)c4)n3)CC2)cc1. The number of piperidine rings is 1. The van der Waals surface area contributed by atoms with Crippen LogP contribution in [-0.2, 0) is 10.0 Å². The molecule has 30 heavy (non-hydrogen) atoms. The molecule has 0 atom stereocenters. The molecule has 0 saturated carbocycles. The Balaban J connectivity index is 1.42. The average molecular weight is 428 g/mol. The molecule has 1 aliphatic rings. The summed E-state index contributed by atoms with van der Waals surface area (Å²) in [6, 6.07) is 14.5. The highest BCUT2D eigenvalue weighted by atomic mass is 32.2. The molecule has 1 aromatic heterocycles. The maximum absolute atomic E-state index is 13.0. The van der Waals surface area contributed by atoms with E-state index in [0.29, 0.717) is 50.0 Å². The summed E-state index contributed by atoms with van der Waals surface area (Å²) in [5, 5.41) is 4.15. The van der Waals surface area contributed by atoms with Crippen molar-refractivity contribution in [3.8, 4) is 17.2 Å². The van der Waals surface area contributed by atoms with Crippen molar-refractivity contribution in [3.63, 3.8) is 0 Å². The second-order valence-electron chi connectivity index (χ2n) is 7.41. The van der Waals surface area contributed by atoms with E-state index in [0.717, 1.165) is 11.1 Å². The number of hydrogen-bond donors (Lipinski definition) is 0. The van der Waals surface area contributed by atoms with Crippen LogP contribution < -0.4 is 4.74 Å². The van der Waals surface area contributed by atoms with Gasteiger partial charge in [-0.25, -0.2) is 8.42 Å². The summed E-state index contributed by atoms with van der Waals surface area (Å²) in [5.74, 6) is 1.89. The smallest absolute Gasteiger partial charge is 0.257 e. The highest BCUT2D eigenvalue weighted by Gasteiger charge is 2.32. The molecule has 0 unspecified atom stereocenters. The van der Waals surface area contributed by atoms with Gasteiger partial charge in [-0.05, 0) is 63.1 Å². The van der Waals surface area contributed by atoms with Crippen molar-refractivity contribution in [2.45, 2.75) is 37.5 Å². The molecule has 1 fully saturated rings. The minimum Gasteiger partial charge on any atom is -0.494 e. The predicted octanol–water partition coefficient (Wildman–Crippen LogP) is 4.01. The van der Waals surface area contributed by atoms with Gasteiger partial charge in [-0.2, -0.15) is 9.29 Å². The number of ether oxygens (including phenoxy) is 1. The molecule has 7 nitrogen and oxygen atoms in total. The Morgan fingerprint density at radius 3 is 2.53 bits per heavy atom. The normalized spacial score (nSPS) is 15.9. The van der Waals surface area contributed by atoms with Gasteiger partial charge in [0.2, 0.25) is 10.0 Å². The lowest BCUT2D eigenvalue weighted by atomic mass is 9.97. The summed E-state index contributed by atoms with van der Waals surface area (Å²) in [4.78, 5) is 4.84. The molecule has 8 heteroatoms. The van der Waals surface area contributed by atoms with Crippen molar-refractivity contribution >= 4 is 10.0 Å². The van der Waals surface area contributed by atoms with Gasteiger partial charge in [0, 0.05) is 24.6 Å². The van der Waals surface area contributed by atoms with Gasteiger partial charge in [0.15, 0.2) is 5.82 Å². The minimum atomic E-state index is -3.53. The zero-order chi connectivity index (χ0) is 21.1. The van der Waals surface area contributed by atoms with Gasteiger partial charge in [0.1, 0.15) is 5.75 Å². The fraction of sp³-hybridized carbons (Fsp3) is 0.364. The van der Waals surface area contributed by atoms with E-state index < -0.39 is 10.0 Å². The van der Waals surface area contributed by atoms with Gasteiger partial charge in [-0.1, -0.05) is 22.9 Å². The van der Waals surface area contributed by atoms with E-state index >= 15 is 0 Å². The number of aryl methyl sites for hydroxylation is 1. The Morgan fingerprint density at radius 1 is 1.13 bits per heavy atom. The van der Waals surface area contributed by atoms with Gasteiger partial charge in [0.25, 0.3) is 5.89 Å². The second kappa shape index (κ2) is 8.57. The Kier molecular flexibility index (Phi) is 5.87. The summed E-state index contributed by atoms with van der Waals surface area (Å²) in [6.07, 6.45) is 1.31. The minimum absolute atomic E-state index is 0.0825. The van der Waals surface area contributed by atoms with Crippen LogP contribution >= 0.6 is 0 Å². The molecule has 1 aliphatic heterocycles. The summed E-state index contributed by atoms with van der Waals surface area (Å²) in [5.41, 5.74) is 2.02. The number of benzene rings is 2. The molecule has 0 radical (unpaired) electrons. The third kappa shape index (κ3) is 4.24. The van der Waals surface area contributed by atoms with Gasteiger partial charge >= 0.3 is 0 Å². The van der Waals surface area contributed by atoms with Gasteiger partial charge in [-0.15, -0.1) is 0 Å². The summed E-state index contributed by atoms with van der Waals surface area (Å²) < 4.78 is 38.3. The Bertz CT molecular complexity index is 1100. The first-order valence-corrected chi connectivity index (χ1v) is 11.5. The van der Waals surface area contributed by atoms with Crippen LogP contribution in [-0.4, -0.2) is 42.6 Å². The molecule has 3 aromatic rings. The molecule has 0 N–H and O–H groups in total. The molecular weight excluding hydrogens is 402 g/mol. The first-order valence-electron chi connectivity index (χ1n) is 10.1. The Morgan fingerprint density at radius 2 is 1.87 bits per heavy atom. The summed E-state index contributed by atoms with van der Waals surface area (Å²) in [6.45, 7) is 5.30. The fourth-order valence-corrected chi connectivity index (χ4v) is 5.14. The quantitative estimate of drug-likeness (QED) is 0.591. The molecule has 0 amide bonds. The average Bonchev–Trinajstić information content (AvgIpc) is 3.25. The van der Waals surface area contributed by atoms with Crippen LogP contribution in [0.3, 0.4) is 0 Å². The molecule has 2 aromatic carbocycles. The highest BCUT2D eigenvalue weighted by Crippen LogP contribution is 2.31. The van der Waals surface area contributed by atoms with E-state index in [2.05, 4.69) is 10.1 Å². The highest BCUT2D eigenvalue weighted by molar-refractivity contribution is 7.89. The lowest BCUT2D eigenvalue weighted by molar-refractivity contribution is 0.307. The maximum atomic E-state index is 13.0. The van der Waals surface area contributed by atoms with Crippen molar-refractivity contribution in [1.82, 2.24) is 14.4 Å². The van der Waals surface area contributed by atoms with Crippen LogP contribution in [0.2, 0.25) is 0 Å². The van der Waals surface area contributed by atoms with Gasteiger partial charge < -0.3 is 9.26 Å². The number of nitrogens with zero attached hydrogens (tertiary/aromatic N) is 3. The lowest BCUT2D eigenvalue weighted by Gasteiger charge is -2.29. The lowest BCUT2D eigenvalue weighted by Crippen LogP contribution is -2.38. The number of hydrogen-bond acceptors (Lipinski definition) is 6. The molecule has 158 valence electrons. The molecule has 0 aliphatic carbocycles. The monoisotopic (exact) mass is 427 g/mol. The molecule has 2 heterocycles. The first kappa shape index (κ1) is 20.6. The van der Waals surface area contributed by atoms with Gasteiger partial charge in [0.05, 0.1) is 11.5 Å². The third-order valence-corrected chi connectivity index (χ3v) is 7.21. The molecule has 4 rings (SSSR count).